The molecule has 142 valence electrons. The molecule has 0 aliphatic heterocycles. The number of rotatable bonds is 7. The Bertz CT molecular complexity index is 1050. The van der Waals surface area contributed by atoms with Gasteiger partial charge >= 0.3 is 0 Å². The summed E-state index contributed by atoms with van der Waals surface area (Å²) in [6.45, 7) is 0.379. The largest absolute Gasteiger partial charge is 0.493 e. The van der Waals surface area contributed by atoms with Gasteiger partial charge in [0.25, 0.3) is 0 Å². The predicted molar refractivity (Wildman–Crippen MR) is 105 cm³/mol. The van der Waals surface area contributed by atoms with Crippen molar-refractivity contribution in [3.63, 3.8) is 0 Å². The van der Waals surface area contributed by atoms with E-state index in [4.69, 9.17) is 18.6 Å². The summed E-state index contributed by atoms with van der Waals surface area (Å²) in [7, 11) is 3.23. The third kappa shape index (κ3) is 3.81. The highest BCUT2D eigenvalue weighted by molar-refractivity contribution is 7.13. The maximum atomic E-state index is 5.83. The molecule has 4 rings (SSSR count). The topological polar surface area (TPSA) is 79.5 Å². The van der Waals surface area contributed by atoms with Gasteiger partial charge in [-0.25, -0.2) is 4.98 Å². The minimum atomic E-state index is 0.379. The van der Waals surface area contributed by atoms with Gasteiger partial charge in [0, 0.05) is 16.5 Å². The highest BCUT2D eigenvalue weighted by atomic mass is 32.1. The van der Waals surface area contributed by atoms with E-state index < -0.39 is 0 Å². The molecule has 0 radical (unpaired) electrons. The van der Waals surface area contributed by atoms with E-state index in [0.29, 0.717) is 24.0 Å². The van der Waals surface area contributed by atoms with Crippen LogP contribution in [0.2, 0.25) is 0 Å². The number of ether oxygens (including phenoxy) is 3. The third-order valence-electron chi connectivity index (χ3n) is 4.03. The number of benzene rings is 2. The zero-order valence-corrected chi connectivity index (χ0v) is 16.1. The number of nitrogens with zero attached hydrogens (tertiary/aromatic N) is 3. The van der Waals surface area contributed by atoms with Gasteiger partial charge < -0.3 is 18.6 Å². The molecule has 0 saturated carbocycles. The van der Waals surface area contributed by atoms with E-state index in [9.17, 15) is 0 Å². The molecule has 0 amide bonds. The number of hydrogen-bond acceptors (Lipinski definition) is 8. The lowest BCUT2D eigenvalue weighted by Gasteiger charge is -2.08. The SMILES string of the molecule is COc1ccc(-c2nc(COc3ccc(-c4nnco4)cc3)cs2)cc1OC. The number of thiazole rings is 1. The molecule has 2 aromatic heterocycles. The molecule has 0 spiro atoms. The Hall–Kier alpha value is -3.39. The number of aromatic nitrogens is 3. The van der Waals surface area contributed by atoms with Gasteiger partial charge in [-0.15, -0.1) is 21.5 Å². The number of hydrogen-bond donors (Lipinski definition) is 0. The van der Waals surface area contributed by atoms with E-state index in [2.05, 4.69) is 15.2 Å². The quantitative estimate of drug-likeness (QED) is 0.457. The molecule has 0 saturated heterocycles. The van der Waals surface area contributed by atoms with Gasteiger partial charge in [0.1, 0.15) is 17.4 Å². The highest BCUT2D eigenvalue weighted by Gasteiger charge is 2.10. The second-order valence-electron chi connectivity index (χ2n) is 5.77. The molecule has 0 N–H and O–H groups in total. The summed E-state index contributed by atoms with van der Waals surface area (Å²) in [5, 5.41) is 10.4. The van der Waals surface area contributed by atoms with E-state index in [1.807, 2.05) is 47.8 Å². The van der Waals surface area contributed by atoms with Crippen molar-refractivity contribution in [1.29, 1.82) is 0 Å². The third-order valence-corrected chi connectivity index (χ3v) is 4.97. The van der Waals surface area contributed by atoms with Crippen molar-refractivity contribution < 1.29 is 18.6 Å². The zero-order chi connectivity index (χ0) is 19.3. The summed E-state index contributed by atoms with van der Waals surface area (Å²) < 4.78 is 21.6. The first-order valence-electron chi connectivity index (χ1n) is 8.43. The Morgan fingerprint density at radius 1 is 0.964 bits per heavy atom. The summed E-state index contributed by atoms with van der Waals surface area (Å²) in [5.41, 5.74) is 2.67. The summed E-state index contributed by atoms with van der Waals surface area (Å²) in [4.78, 5) is 4.65. The lowest BCUT2D eigenvalue weighted by Crippen LogP contribution is -1.96. The van der Waals surface area contributed by atoms with E-state index in [1.165, 1.54) is 6.39 Å². The molecule has 4 aromatic rings. The summed E-state index contributed by atoms with van der Waals surface area (Å²) in [6, 6.07) is 13.2. The van der Waals surface area contributed by atoms with Crippen molar-refractivity contribution in [2.24, 2.45) is 0 Å². The average molecular weight is 395 g/mol. The van der Waals surface area contributed by atoms with Gasteiger partial charge in [0.2, 0.25) is 12.3 Å². The smallest absolute Gasteiger partial charge is 0.247 e. The molecular formula is C20H17N3O4S. The van der Waals surface area contributed by atoms with Crippen molar-refractivity contribution in [3.8, 4) is 39.3 Å². The van der Waals surface area contributed by atoms with Crippen LogP contribution in [0.25, 0.3) is 22.0 Å². The van der Waals surface area contributed by atoms with Gasteiger partial charge in [0.15, 0.2) is 11.5 Å². The van der Waals surface area contributed by atoms with Gasteiger partial charge in [-0.1, -0.05) is 0 Å². The average Bonchev–Trinajstić information content (AvgIpc) is 3.44. The van der Waals surface area contributed by atoms with E-state index in [1.54, 1.807) is 25.6 Å². The summed E-state index contributed by atoms with van der Waals surface area (Å²) in [5.74, 6) is 2.58. The van der Waals surface area contributed by atoms with Crippen molar-refractivity contribution in [3.05, 3.63) is 59.9 Å². The minimum absolute atomic E-state index is 0.379. The van der Waals surface area contributed by atoms with Crippen LogP contribution < -0.4 is 14.2 Å². The molecule has 0 aliphatic rings. The van der Waals surface area contributed by atoms with Crippen LogP contribution in [0.3, 0.4) is 0 Å². The van der Waals surface area contributed by atoms with Crippen LogP contribution in [-0.4, -0.2) is 29.4 Å². The second kappa shape index (κ2) is 8.10. The Kier molecular flexibility index (Phi) is 5.20. The standard InChI is InChI=1S/C20H17N3O4S/c1-24-17-8-5-14(9-18(17)25-2)20-22-15(11-28-20)10-26-16-6-3-13(4-7-16)19-23-21-12-27-19/h3-9,11-12H,10H2,1-2H3. The van der Waals surface area contributed by atoms with E-state index in [0.717, 1.165) is 27.6 Å². The first-order valence-corrected chi connectivity index (χ1v) is 9.31. The molecule has 7 nitrogen and oxygen atoms in total. The van der Waals surface area contributed by atoms with Gasteiger partial charge in [-0.05, 0) is 42.5 Å². The zero-order valence-electron chi connectivity index (χ0n) is 15.3. The minimum Gasteiger partial charge on any atom is -0.493 e. The fraction of sp³-hybridized carbons (Fsp3) is 0.150. The van der Waals surface area contributed by atoms with Crippen LogP contribution in [-0.2, 0) is 6.61 Å². The lowest BCUT2D eigenvalue weighted by molar-refractivity contribution is 0.302. The Labute approximate surface area is 165 Å². The molecule has 2 aromatic carbocycles. The Morgan fingerprint density at radius 3 is 2.46 bits per heavy atom. The Balaban J connectivity index is 1.42. The fourth-order valence-electron chi connectivity index (χ4n) is 2.62. The monoisotopic (exact) mass is 395 g/mol. The molecule has 0 bridgehead atoms. The van der Waals surface area contributed by atoms with Crippen molar-refractivity contribution >= 4 is 11.3 Å². The molecule has 2 heterocycles. The first-order chi connectivity index (χ1) is 13.8. The maximum Gasteiger partial charge on any atom is 0.247 e. The van der Waals surface area contributed by atoms with Crippen LogP contribution in [0.15, 0.2) is 58.7 Å². The van der Waals surface area contributed by atoms with E-state index >= 15 is 0 Å². The highest BCUT2D eigenvalue weighted by Crippen LogP contribution is 2.33. The fourth-order valence-corrected chi connectivity index (χ4v) is 3.43. The van der Waals surface area contributed by atoms with Crippen LogP contribution >= 0.6 is 11.3 Å². The molecule has 8 heteroatoms. The van der Waals surface area contributed by atoms with Crippen molar-refractivity contribution in [1.82, 2.24) is 15.2 Å². The Morgan fingerprint density at radius 2 is 1.75 bits per heavy atom. The van der Waals surface area contributed by atoms with Crippen LogP contribution in [0.1, 0.15) is 5.69 Å². The summed E-state index contributed by atoms with van der Waals surface area (Å²) >= 11 is 1.56. The molecule has 0 fully saturated rings. The van der Waals surface area contributed by atoms with Crippen molar-refractivity contribution in [2.75, 3.05) is 14.2 Å². The van der Waals surface area contributed by atoms with Crippen molar-refractivity contribution in [2.45, 2.75) is 6.61 Å². The van der Waals surface area contributed by atoms with Gasteiger partial charge in [0.05, 0.1) is 19.9 Å². The predicted octanol–water partition coefficient (Wildman–Crippen LogP) is 4.46. The van der Waals surface area contributed by atoms with Crippen LogP contribution in [0.5, 0.6) is 17.2 Å². The molecule has 0 aliphatic carbocycles. The molecule has 28 heavy (non-hydrogen) atoms. The van der Waals surface area contributed by atoms with Crippen LogP contribution in [0.4, 0.5) is 0 Å². The molecule has 0 unspecified atom stereocenters. The first kappa shape index (κ1) is 18.0. The normalized spacial score (nSPS) is 10.6. The summed E-state index contributed by atoms with van der Waals surface area (Å²) in [6.07, 6.45) is 1.30. The molecular weight excluding hydrogens is 378 g/mol. The number of methoxy groups -OCH3 is 2. The molecule has 0 atom stereocenters. The van der Waals surface area contributed by atoms with Gasteiger partial charge in [-0.3, -0.25) is 0 Å². The maximum absolute atomic E-state index is 5.83. The van der Waals surface area contributed by atoms with E-state index in [-0.39, 0.29) is 0 Å². The van der Waals surface area contributed by atoms with Gasteiger partial charge in [-0.2, -0.15) is 0 Å². The lowest BCUT2D eigenvalue weighted by atomic mass is 10.2. The second-order valence-corrected chi connectivity index (χ2v) is 6.63. The van der Waals surface area contributed by atoms with Crippen LogP contribution in [0, 0.1) is 0 Å².